The van der Waals surface area contributed by atoms with Crippen LogP contribution in [-0.2, 0) is 0 Å². The minimum absolute atomic E-state index is 0.0506. The molecule has 0 spiro atoms. The molecule has 0 bridgehead atoms. The molecule has 4 N–H and O–H groups in total. The molecule has 0 saturated heterocycles. The predicted octanol–water partition coefficient (Wildman–Crippen LogP) is 2.92. The van der Waals surface area contributed by atoms with E-state index in [9.17, 15) is 4.79 Å². The van der Waals surface area contributed by atoms with Crippen LogP contribution in [0, 0.1) is 5.53 Å². The molecule has 0 radical (unpaired) electrons. The summed E-state index contributed by atoms with van der Waals surface area (Å²) in [5.74, 6) is -0.614. The van der Waals surface area contributed by atoms with Gasteiger partial charge in [0, 0.05) is 11.2 Å². The zero-order valence-electron chi connectivity index (χ0n) is 8.00. The number of carbonyl (C=O) groups is 1. The average Bonchev–Trinajstić information content (AvgIpc) is 2.26. The van der Waals surface area contributed by atoms with Gasteiger partial charge in [0.1, 0.15) is 0 Å². The second-order valence-corrected chi connectivity index (χ2v) is 3.60. The van der Waals surface area contributed by atoms with Gasteiger partial charge in [-0.15, -0.1) is 5.11 Å². The molecule has 0 aliphatic carbocycles. The van der Waals surface area contributed by atoms with Crippen LogP contribution in [0.5, 0.6) is 0 Å². The van der Waals surface area contributed by atoms with Gasteiger partial charge in [-0.25, -0.2) is 5.53 Å². The van der Waals surface area contributed by atoms with Gasteiger partial charge in [0.2, 0.25) is 0 Å². The third-order valence-corrected chi connectivity index (χ3v) is 2.13. The van der Waals surface area contributed by atoms with Crippen LogP contribution >= 0.6 is 23.2 Å². The van der Waals surface area contributed by atoms with Gasteiger partial charge in [-0.2, -0.15) is 0 Å². The second-order valence-electron chi connectivity index (χ2n) is 2.78. The maximum absolute atomic E-state index is 11.1. The number of hydrogen-bond acceptors (Lipinski definition) is 4. The van der Waals surface area contributed by atoms with E-state index in [-0.39, 0.29) is 10.7 Å². The minimum atomic E-state index is -0.614. The van der Waals surface area contributed by atoms with Crippen LogP contribution in [0.1, 0.15) is 10.4 Å². The largest absolute Gasteiger partial charge is 0.366 e. The molecular formula is C9H8Cl2N4O. The monoisotopic (exact) mass is 258 g/mol. The highest BCUT2D eigenvalue weighted by Crippen LogP contribution is 2.20. The molecule has 0 aliphatic heterocycles. The highest BCUT2D eigenvalue weighted by molar-refractivity contribution is 6.31. The fraction of sp³-hybridized carbons (Fsp3) is 0. The van der Waals surface area contributed by atoms with Crippen LogP contribution in [0.2, 0.25) is 5.02 Å². The van der Waals surface area contributed by atoms with E-state index >= 15 is 0 Å². The Hall–Kier alpha value is -1.59. The molecule has 0 unspecified atom stereocenters. The molecule has 84 valence electrons. The van der Waals surface area contributed by atoms with Gasteiger partial charge in [-0.3, -0.25) is 4.79 Å². The zero-order chi connectivity index (χ0) is 12.1. The summed E-state index contributed by atoms with van der Waals surface area (Å²) >= 11 is 11.2. The Morgan fingerprint density at radius 2 is 2.25 bits per heavy atom. The topological polar surface area (TPSA) is 91.3 Å². The highest BCUT2D eigenvalue weighted by atomic mass is 35.5. The van der Waals surface area contributed by atoms with E-state index in [1.807, 2.05) is 0 Å². The van der Waals surface area contributed by atoms with Crippen LogP contribution in [0.25, 0.3) is 0 Å². The Balaban J connectivity index is 3.04. The highest BCUT2D eigenvalue weighted by Gasteiger charge is 2.07. The molecule has 0 aliphatic rings. The van der Waals surface area contributed by atoms with Crippen molar-refractivity contribution in [1.29, 1.82) is 5.53 Å². The molecule has 1 amide bonds. The first kappa shape index (κ1) is 12.5. The number of nitrogens with one attached hydrogen (secondary N) is 2. The number of primary amides is 1. The van der Waals surface area contributed by atoms with Crippen LogP contribution in [0.3, 0.4) is 0 Å². The molecule has 5 nitrogen and oxygen atoms in total. The van der Waals surface area contributed by atoms with Crippen molar-refractivity contribution in [2.75, 3.05) is 5.32 Å². The van der Waals surface area contributed by atoms with E-state index in [0.717, 1.165) is 0 Å². The Kier molecular flexibility index (Phi) is 4.28. The summed E-state index contributed by atoms with van der Waals surface area (Å²) in [7, 11) is 0. The van der Waals surface area contributed by atoms with Gasteiger partial charge >= 0.3 is 0 Å². The number of benzene rings is 1. The summed E-state index contributed by atoms with van der Waals surface area (Å²) in [5.41, 5.74) is 12.5. The predicted molar refractivity (Wildman–Crippen MR) is 62.7 cm³/mol. The first-order chi connectivity index (χ1) is 7.54. The van der Waals surface area contributed by atoms with Crippen molar-refractivity contribution in [2.45, 2.75) is 0 Å². The minimum Gasteiger partial charge on any atom is -0.366 e. The molecule has 0 fully saturated rings. The summed E-state index contributed by atoms with van der Waals surface area (Å²) in [5, 5.41) is 6.02. The van der Waals surface area contributed by atoms with Gasteiger partial charge in [0.25, 0.3) is 5.91 Å². The number of anilines is 1. The maximum atomic E-state index is 11.1. The van der Waals surface area contributed by atoms with Crippen molar-refractivity contribution in [3.8, 4) is 0 Å². The Labute approximate surface area is 102 Å². The van der Waals surface area contributed by atoms with E-state index in [1.165, 1.54) is 12.3 Å². The third-order valence-electron chi connectivity index (χ3n) is 1.70. The van der Waals surface area contributed by atoms with Gasteiger partial charge in [-0.05, 0) is 18.2 Å². The molecular weight excluding hydrogens is 251 g/mol. The molecule has 1 aromatic carbocycles. The normalized spacial score (nSPS) is 11.0. The van der Waals surface area contributed by atoms with Crippen molar-refractivity contribution in [1.82, 2.24) is 0 Å². The van der Waals surface area contributed by atoms with Crippen LogP contribution < -0.4 is 11.1 Å². The van der Waals surface area contributed by atoms with E-state index in [4.69, 9.17) is 34.5 Å². The smallest absolute Gasteiger partial charge is 0.250 e. The van der Waals surface area contributed by atoms with Crippen molar-refractivity contribution in [2.24, 2.45) is 10.8 Å². The fourth-order valence-corrected chi connectivity index (χ4v) is 1.24. The second kappa shape index (κ2) is 5.48. The first-order valence-corrected chi connectivity index (χ1v) is 4.89. The summed E-state index contributed by atoms with van der Waals surface area (Å²) in [6.07, 6.45) is 1.27. The molecule has 1 rings (SSSR count). The number of carbonyl (C=O) groups excluding carboxylic acids is 1. The molecule has 0 heterocycles. The first-order valence-electron chi connectivity index (χ1n) is 4.13. The number of halogens is 2. The number of nitrogens with two attached hydrogens (primary N) is 1. The van der Waals surface area contributed by atoms with E-state index in [0.29, 0.717) is 10.7 Å². The molecule has 0 atom stereocenters. The summed E-state index contributed by atoms with van der Waals surface area (Å²) in [4.78, 5) is 11.1. The maximum Gasteiger partial charge on any atom is 0.250 e. The molecule has 0 aromatic heterocycles. The number of nitrogens with zero attached hydrogens (tertiary/aromatic N) is 1. The van der Waals surface area contributed by atoms with Crippen molar-refractivity contribution >= 4 is 34.8 Å². The lowest BCUT2D eigenvalue weighted by molar-refractivity contribution is 0.100. The standard InChI is InChI=1S/C9H8Cl2N4O/c10-5-1-2-7(6(3-5)9(12)16)14-4-8(11)15-13/h1-4,13-14H,(H2,12,16)/b8-4-,15-13?. The molecule has 16 heavy (non-hydrogen) atoms. The molecule has 7 heteroatoms. The SMILES string of the molecule is N=N/C(Cl)=C\Nc1ccc(Cl)cc1C(N)=O. The Morgan fingerprint density at radius 3 is 2.81 bits per heavy atom. The van der Waals surface area contributed by atoms with Crippen molar-refractivity contribution < 1.29 is 4.79 Å². The molecule has 1 aromatic rings. The Bertz CT molecular complexity index is 459. The van der Waals surface area contributed by atoms with Gasteiger partial charge in [0.05, 0.1) is 11.3 Å². The van der Waals surface area contributed by atoms with E-state index in [2.05, 4.69) is 10.4 Å². The number of amides is 1. The van der Waals surface area contributed by atoms with Crippen LogP contribution in [0.15, 0.2) is 34.7 Å². The van der Waals surface area contributed by atoms with Gasteiger partial charge in [0.15, 0.2) is 5.16 Å². The fourth-order valence-electron chi connectivity index (χ4n) is 1.02. The van der Waals surface area contributed by atoms with Crippen molar-refractivity contribution in [3.63, 3.8) is 0 Å². The van der Waals surface area contributed by atoms with Crippen molar-refractivity contribution in [3.05, 3.63) is 40.1 Å². The lowest BCUT2D eigenvalue weighted by Gasteiger charge is -2.06. The number of rotatable bonds is 4. The summed E-state index contributed by atoms with van der Waals surface area (Å²) < 4.78 is 0. The summed E-state index contributed by atoms with van der Waals surface area (Å²) in [6, 6.07) is 4.61. The number of hydrogen-bond donors (Lipinski definition) is 3. The lowest BCUT2D eigenvalue weighted by atomic mass is 10.1. The van der Waals surface area contributed by atoms with Crippen LogP contribution in [0.4, 0.5) is 5.69 Å². The summed E-state index contributed by atoms with van der Waals surface area (Å²) in [6.45, 7) is 0. The van der Waals surface area contributed by atoms with E-state index < -0.39 is 5.91 Å². The Morgan fingerprint density at radius 1 is 1.56 bits per heavy atom. The van der Waals surface area contributed by atoms with Gasteiger partial charge in [-0.1, -0.05) is 23.2 Å². The lowest BCUT2D eigenvalue weighted by Crippen LogP contribution is -2.13. The van der Waals surface area contributed by atoms with Gasteiger partial charge < -0.3 is 11.1 Å². The van der Waals surface area contributed by atoms with E-state index in [1.54, 1.807) is 12.1 Å². The average molecular weight is 259 g/mol. The van der Waals surface area contributed by atoms with Crippen LogP contribution in [-0.4, -0.2) is 5.91 Å². The third kappa shape index (κ3) is 3.22. The quantitative estimate of drug-likeness (QED) is 0.573. The molecule has 0 saturated carbocycles. The zero-order valence-corrected chi connectivity index (χ0v) is 9.51.